The fourth-order valence-corrected chi connectivity index (χ4v) is 5.62. The highest BCUT2D eigenvalue weighted by atomic mass is 16.5. The van der Waals surface area contributed by atoms with Crippen molar-refractivity contribution in [3.63, 3.8) is 0 Å². The fraction of sp³-hybridized carbons (Fsp3) is 0.282. The van der Waals surface area contributed by atoms with Gasteiger partial charge in [0, 0.05) is 18.2 Å². The number of aryl methyl sites for hydroxylation is 2. The average Bonchev–Trinajstić information content (AvgIpc) is 3.47. The van der Waals surface area contributed by atoms with Gasteiger partial charge in [-0.15, -0.1) is 0 Å². The van der Waals surface area contributed by atoms with Crippen LogP contribution in [0.15, 0.2) is 101 Å². The van der Waals surface area contributed by atoms with E-state index in [1.165, 1.54) is 0 Å². The Morgan fingerprint density at radius 3 is 2.17 bits per heavy atom. The number of amides is 1. The topological polar surface area (TPSA) is 107 Å². The predicted molar refractivity (Wildman–Crippen MR) is 181 cm³/mol. The van der Waals surface area contributed by atoms with Gasteiger partial charge in [0.1, 0.15) is 17.1 Å². The molecule has 8 nitrogen and oxygen atoms in total. The highest BCUT2D eigenvalue weighted by molar-refractivity contribution is 6.06. The number of carbonyl (C=O) groups is 2. The summed E-state index contributed by atoms with van der Waals surface area (Å²) in [6.07, 6.45) is 2.94. The fourth-order valence-electron chi connectivity index (χ4n) is 5.62. The van der Waals surface area contributed by atoms with Gasteiger partial charge in [-0.1, -0.05) is 72.8 Å². The first-order valence-corrected chi connectivity index (χ1v) is 15.9. The van der Waals surface area contributed by atoms with Gasteiger partial charge in [-0.25, -0.2) is 4.79 Å². The van der Waals surface area contributed by atoms with Crippen molar-refractivity contribution >= 4 is 22.8 Å². The van der Waals surface area contributed by atoms with E-state index in [4.69, 9.17) is 18.6 Å². The normalized spacial score (nSPS) is 11.6. The van der Waals surface area contributed by atoms with Gasteiger partial charge in [-0.05, 0) is 72.2 Å². The van der Waals surface area contributed by atoms with E-state index in [1.54, 1.807) is 14.2 Å². The van der Waals surface area contributed by atoms with Crippen LogP contribution in [0.1, 0.15) is 51.2 Å². The Labute approximate surface area is 275 Å². The quantitative estimate of drug-likeness (QED) is 0.0944. The van der Waals surface area contributed by atoms with Gasteiger partial charge in [0.05, 0.1) is 33.5 Å². The van der Waals surface area contributed by atoms with Crippen molar-refractivity contribution in [3.8, 4) is 11.5 Å². The molecule has 1 aromatic heterocycles. The zero-order valence-electron chi connectivity index (χ0n) is 26.9. The predicted octanol–water partition coefficient (Wildman–Crippen LogP) is 6.48. The highest BCUT2D eigenvalue weighted by Crippen LogP contribution is 2.36. The maximum absolute atomic E-state index is 13.7. The van der Waals surface area contributed by atoms with Gasteiger partial charge in [-0.2, -0.15) is 0 Å². The van der Waals surface area contributed by atoms with E-state index in [0.29, 0.717) is 53.7 Å². The Morgan fingerprint density at radius 2 is 1.51 bits per heavy atom. The summed E-state index contributed by atoms with van der Waals surface area (Å²) in [5.41, 5.74) is 4.79. The Hall–Kier alpha value is -5.08. The molecule has 244 valence electrons. The Morgan fingerprint density at radius 1 is 0.809 bits per heavy atom. The first kappa shape index (κ1) is 33.3. The molecule has 0 aliphatic rings. The van der Waals surface area contributed by atoms with Crippen LogP contribution in [0.2, 0.25) is 0 Å². The number of fused-ring (bicyclic) bond motifs is 1. The minimum absolute atomic E-state index is 0.162. The van der Waals surface area contributed by atoms with Gasteiger partial charge in [0.15, 0.2) is 11.3 Å². The van der Waals surface area contributed by atoms with Crippen molar-refractivity contribution in [2.24, 2.45) is 0 Å². The van der Waals surface area contributed by atoms with Crippen molar-refractivity contribution in [1.82, 2.24) is 5.32 Å². The minimum atomic E-state index is -0.465. The number of methoxy groups -OCH3 is 2. The standard InChI is InChI=1S/C39H41NO7/c1-44-32-18-15-27(16-19-32)14-9-21-46-39(43)37-33-23-30(17-20-36(42)40-31(26-41)22-28-10-5-3-6-11-28)25-35(45-2)38(33)47-34(37)24-29-12-7-4-8-13-29/h3-8,10-13,15-16,18-19,23,25,31,41H,9,14,17,20-22,24,26H2,1-2H3,(H,40,42)/t31-/m0/s1. The summed E-state index contributed by atoms with van der Waals surface area (Å²) in [7, 11) is 3.19. The van der Waals surface area contributed by atoms with Gasteiger partial charge in [0.2, 0.25) is 5.91 Å². The summed E-state index contributed by atoms with van der Waals surface area (Å²) >= 11 is 0. The average molecular weight is 636 g/mol. The molecule has 2 N–H and O–H groups in total. The number of carbonyl (C=O) groups excluding carboxylic acids is 2. The van der Waals surface area contributed by atoms with Crippen LogP contribution in [-0.4, -0.2) is 50.5 Å². The van der Waals surface area contributed by atoms with Crippen molar-refractivity contribution < 1.29 is 33.3 Å². The van der Waals surface area contributed by atoms with Crippen LogP contribution in [0.25, 0.3) is 11.0 Å². The molecule has 1 heterocycles. The van der Waals surface area contributed by atoms with Gasteiger partial charge in [-0.3, -0.25) is 4.79 Å². The molecule has 47 heavy (non-hydrogen) atoms. The smallest absolute Gasteiger partial charge is 0.342 e. The molecular weight excluding hydrogens is 594 g/mol. The number of hydrogen-bond acceptors (Lipinski definition) is 7. The van der Waals surface area contributed by atoms with Crippen molar-refractivity contribution in [3.05, 3.63) is 131 Å². The second-order valence-electron chi connectivity index (χ2n) is 11.5. The zero-order chi connectivity index (χ0) is 33.0. The molecular formula is C39H41NO7. The van der Waals surface area contributed by atoms with Crippen LogP contribution in [0.5, 0.6) is 11.5 Å². The summed E-state index contributed by atoms with van der Waals surface area (Å²) in [6.45, 7) is 0.0828. The number of benzene rings is 4. The lowest BCUT2D eigenvalue weighted by molar-refractivity contribution is -0.122. The van der Waals surface area contributed by atoms with Crippen LogP contribution in [-0.2, 0) is 35.2 Å². The molecule has 5 rings (SSSR count). The minimum Gasteiger partial charge on any atom is -0.497 e. The SMILES string of the molecule is COc1ccc(CCCOC(=O)c2c(Cc3ccccc3)oc3c(OC)cc(CCC(=O)N[C@H](CO)Cc4ccccc4)cc23)cc1. The molecule has 5 aromatic rings. The maximum Gasteiger partial charge on any atom is 0.342 e. The summed E-state index contributed by atoms with van der Waals surface area (Å²) in [6, 6.07) is 30.7. The molecule has 0 aliphatic carbocycles. The van der Waals surface area contributed by atoms with Crippen molar-refractivity contribution in [2.75, 3.05) is 27.4 Å². The number of furan rings is 1. The number of rotatable bonds is 16. The summed E-state index contributed by atoms with van der Waals surface area (Å²) in [5, 5.41) is 13.4. The Bertz CT molecular complexity index is 1750. The number of hydrogen-bond donors (Lipinski definition) is 2. The third-order valence-corrected chi connectivity index (χ3v) is 8.07. The second-order valence-corrected chi connectivity index (χ2v) is 11.5. The van der Waals surface area contributed by atoms with E-state index < -0.39 is 5.97 Å². The van der Waals surface area contributed by atoms with Crippen LogP contribution in [0, 0.1) is 0 Å². The number of aliphatic hydroxyl groups is 1. The van der Waals surface area contributed by atoms with Crippen LogP contribution in [0.3, 0.4) is 0 Å². The van der Waals surface area contributed by atoms with E-state index in [9.17, 15) is 14.7 Å². The van der Waals surface area contributed by atoms with E-state index >= 15 is 0 Å². The third-order valence-electron chi connectivity index (χ3n) is 8.07. The van der Waals surface area contributed by atoms with Crippen LogP contribution in [0.4, 0.5) is 0 Å². The highest BCUT2D eigenvalue weighted by Gasteiger charge is 2.25. The van der Waals surface area contributed by atoms with Crippen molar-refractivity contribution in [2.45, 2.75) is 44.6 Å². The molecule has 0 saturated carbocycles. The molecule has 0 unspecified atom stereocenters. The lowest BCUT2D eigenvalue weighted by Crippen LogP contribution is -2.39. The molecule has 0 radical (unpaired) electrons. The number of nitrogens with one attached hydrogen (secondary N) is 1. The largest absolute Gasteiger partial charge is 0.497 e. The van der Waals surface area contributed by atoms with Crippen LogP contribution >= 0.6 is 0 Å². The van der Waals surface area contributed by atoms with Crippen LogP contribution < -0.4 is 14.8 Å². The lowest BCUT2D eigenvalue weighted by Gasteiger charge is -2.16. The molecule has 8 heteroatoms. The molecule has 0 spiro atoms. The van der Waals surface area contributed by atoms with E-state index in [-0.39, 0.29) is 31.6 Å². The number of ether oxygens (including phenoxy) is 3. The molecule has 1 amide bonds. The molecule has 4 aromatic carbocycles. The first-order valence-electron chi connectivity index (χ1n) is 15.9. The molecule has 1 atom stereocenters. The Kier molecular flexibility index (Phi) is 11.7. The maximum atomic E-state index is 13.7. The number of aliphatic hydroxyl groups excluding tert-OH is 1. The second kappa shape index (κ2) is 16.5. The van der Waals surface area contributed by atoms with Gasteiger partial charge < -0.3 is 29.1 Å². The molecule has 0 aliphatic heterocycles. The van der Waals surface area contributed by atoms with Gasteiger partial charge in [0.25, 0.3) is 0 Å². The summed E-state index contributed by atoms with van der Waals surface area (Å²) in [4.78, 5) is 26.6. The lowest BCUT2D eigenvalue weighted by atomic mass is 10.0. The number of esters is 1. The molecule has 0 bridgehead atoms. The van der Waals surface area contributed by atoms with E-state index in [2.05, 4.69) is 5.32 Å². The first-order chi connectivity index (χ1) is 23.0. The third kappa shape index (κ3) is 9.01. The van der Waals surface area contributed by atoms with Gasteiger partial charge >= 0.3 is 5.97 Å². The zero-order valence-corrected chi connectivity index (χ0v) is 26.9. The monoisotopic (exact) mass is 635 g/mol. The van der Waals surface area contributed by atoms with Crippen molar-refractivity contribution in [1.29, 1.82) is 0 Å². The molecule has 0 saturated heterocycles. The summed E-state index contributed by atoms with van der Waals surface area (Å²) < 4.78 is 23.0. The van der Waals surface area contributed by atoms with E-state index in [1.807, 2.05) is 97.1 Å². The van der Waals surface area contributed by atoms with E-state index in [0.717, 1.165) is 34.4 Å². The molecule has 0 fully saturated rings. The Balaban J connectivity index is 1.32. The summed E-state index contributed by atoms with van der Waals surface area (Å²) in [5.74, 6) is 1.13.